The normalized spacial score (nSPS) is 25.7. The van der Waals surface area contributed by atoms with Crippen molar-refractivity contribution in [1.29, 1.82) is 0 Å². The molecule has 0 radical (unpaired) electrons. The third kappa shape index (κ3) is 3.61. The van der Waals surface area contributed by atoms with Crippen molar-refractivity contribution < 1.29 is 14.3 Å². The highest BCUT2D eigenvalue weighted by molar-refractivity contribution is 5.79. The van der Waals surface area contributed by atoms with Crippen molar-refractivity contribution in [2.24, 2.45) is 11.3 Å². The predicted molar refractivity (Wildman–Crippen MR) is 96.1 cm³/mol. The fourth-order valence-corrected chi connectivity index (χ4v) is 4.56. The molecule has 26 heavy (non-hydrogen) atoms. The highest BCUT2D eigenvalue weighted by Gasteiger charge is 2.42. The summed E-state index contributed by atoms with van der Waals surface area (Å²) in [7, 11) is 0. The van der Waals surface area contributed by atoms with Crippen LogP contribution in [0.3, 0.4) is 0 Å². The van der Waals surface area contributed by atoms with Gasteiger partial charge in [0.05, 0.1) is 12.5 Å². The van der Waals surface area contributed by atoms with Gasteiger partial charge in [-0.25, -0.2) is 0 Å². The van der Waals surface area contributed by atoms with Gasteiger partial charge in [0.2, 0.25) is 11.8 Å². The Bertz CT molecular complexity index is 650. The van der Waals surface area contributed by atoms with Gasteiger partial charge in [-0.15, -0.1) is 0 Å². The topological polar surface area (TPSA) is 62.7 Å². The molecule has 1 spiro atoms. The lowest BCUT2D eigenvalue weighted by Crippen LogP contribution is -2.52. The largest absolute Gasteiger partial charge is 0.381 e. The Labute approximate surface area is 154 Å². The van der Waals surface area contributed by atoms with Gasteiger partial charge in [0, 0.05) is 51.6 Å². The molecule has 1 atom stereocenters. The molecule has 3 fully saturated rings. The van der Waals surface area contributed by atoms with Gasteiger partial charge in [0.15, 0.2) is 0 Å². The molecule has 0 aromatic carbocycles. The Morgan fingerprint density at radius 3 is 2.85 bits per heavy atom. The van der Waals surface area contributed by atoms with E-state index in [0.717, 1.165) is 50.9 Å². The van der Waals surface area contributed by atoms with Crippen molar-refractivity contribution in [2.75, 3.05) is 32.8 Å². The monoisotopic (exact) mass is 357 g/mol. The molecule has 0 saturated carbocycles. The highest BCUT2D eigenvalue weighted by Crippen LogP contribution is 2.41. The van der Waals surface area contributed by atoms with Crippen LogP contribution in [-0.2, 0) is 20.9 Å². The molecule has 3 aliphatic rings. The third-order valence-corrected chi connectivity index (χ3v) is 6.26. The fourth-order valence-electron chi connectivity index (χ4n) is 4.56. The van der Waals surface area contributed by atoms with Gasteiger partial charge in [0.25, 0.3) is 0 Å². The molecule has 0 N–H and O–H groups in total. The first kappa shape index (κ1) is 17.5. The number of amides is 2. The van der Waals surface area contributed by atoms with Crippen LogP contribution >= 0.6 is 0 Å². The summed E-state index contributed by atoms with van der Waals surface area (Å²) in [6.45, 7) is 4.34. The van der Waals surface area contributed by atoms with Crippen LogP contribution in [0.5, 0.6) is 0 Å². The van der Waals surface area contributed by atoms with E-state index in [1.807, 2.05) is 28.1 Å². The van der Waals surface area contributed by atoms with E-state index in [-0.39, 0.29) is 23.1 Å². The SMILES string of the molecule is O=C1CCC2(CCN(C(=O)[C@@H]3CCOC3)CC2)CN1Cc1cccnc1. The van der Waals surface area contributed by atoms with E-state index in [1.54, 1.807) is 6.20 Å². The molecule has 140 valence electrons. The van der Waals surface area contributed by atoms with E-state index in [2.05, 4.69) is 4.98 Å². The maximum atomic E-state index is 12.6. The lowest BCUT2D eigenvalue weighted by molar-refractivity contribution is -0.144. The summed E-state index contributed by atoms with van der Waals surface area (Å²) >= 11 is 0. The van der Waals surface area contributed by atoms with Crippen LogP contribution in [0, 0.1) is 11.3 Å². The first-order chi connectivity index (χ1) is 12.7. The summed E-state index contributed by atoms with van der Waals surface area (Å²) in [5.74, 6) is 0.552. The number of hydrogen-bond acceptors (Lipinski definition) is 4. The molecule has 1 aromatic heterocycles. The molecule has 6 nitrogen and oxygen atoms in total. The summed E-state index contributed by atoms with van der Waals surface area (Å²) in [6, 6.07) is 3.93. The van der Waals surface area contributed by atoms with E-state index in [1.165, 1.54) is 0 Å². The quantitative estimate of drug-likeness (QED) is 0.828. The lowest BCUT2D eigenvalue weighted by Gasteiger charge is -2.47. The van der Waals surface area contributed by atoms with Gasteiger partial charge in [-0.2, -0.15) is 0 Å². The van der Waals surface area contributed by atoms with E-state index in [0.29, 0.717) is 26.2 Å². The molecule has 0 bridgehead atoms. The first-order valence-corrected chi connectivity index (χ1v) is 9.68. The number of aromatic nitrogens is 1. The molecule has 2 amide bonds. The Morgan fingerprint density at radius 2 is 2.15 bits per heavy atom. The average molecular weight is 357 g/mol. The maximum absolute atomic E-state index is 12.6. The maximum Gasteiger partial charge on any atom is 0.228 e. The van der Waals surface area contributed by atoms with E-state index < -0.39 is 0 Å². The van der Waals surface area contributed by atoms with Crippen molar-refractivity contribution in [3.8, 4) is 0 Å². The number of pyridine rings is 1. The van der Waals surface area contributed by atoms with Gasteiger partial charge in [-0.3, -0.25) is 14.6 Å². The number of carbonyl (C=O) groups excluding carboxylic acids is 2. The zero-order chi connectivity index (χ0) is 18.0. The van der Waals surface area contributed by atoms with Crippen molar-refractivity contribution in [1.82, 2.24) is 14.8 Å². The molecular formula is C20H27N3O3. The van der Waals surface area contributed by atoms with Crippen LogP contribution in [-0.4, -0.2) is 59.4 Å². The molecule has 0 aliphatic carbocycles. The van der Waals surface area contributed by atoms with E-state index in [4.69, 9.17) is 4.74 Å². The molecule has 3 saturated heterocycles. The van der Waals surface area contributed by atoms with Crippen LogP contribution in [0.15, 0.2) is 24.5 Å². The summed E-state index contributed by atoms with van der Waals surface area (Å²) in [5, 5.41) is 0. The number of rotatable bonds is 3. The van der Waals surface area contributed by atoms with Crippen molar-refractivity contribution >= 4 is 11.8 Å². The summed E-state index contributed by atoms with van der Waals surface area (Å²) in [5.41, 5.74) is 1.24. The zero-order valence-corrected chi connectivity index (χ0v) is 15.2. The van der Waals surface area contributed by atoms with Crippen molar-refractivity contribution in [3.63, 3.8) is 0 Å². The molecule has 3 aliphatic heterocycles. The number of hydrogen-bond donors (Lipinski definition) is 0. The van der Waals surface area contributed by atoms with Crippen LogP contribution < -0.4 is 0 Å². The average Bonchev–Trinajstić information content (AvgIpc) is 3.21. The van der Waals surface area contributed by atoms with Crippen molar-refractivity contribution in [3.05, 3.63) is 30.1 Å². The lowest BCUT2D eigenvalue weighted by atomic mass is 9.72. The molecule has 6 heteroatoms. The Hall–Kier alpha value is -1.95. The Morgan fingerprint density at radius 1 is 1.31 bits per heavy atom. The third-order valence-electron chi connectivity index (χ3n) is 6.26. The first-order valence-electron chi connectivity index (χ1n) is 9.68. The molecule has 4 heterocycles. The van der Waals surface area contributed by atoms with Gasteiger partial charge < -0.3 is 14.5 Å². The number of carbonyl (C=O) groups is 2. The number of piperidine rings is 2. The molecule has 0 unspecified atom stereocenters. The standard InChI is InChI=1S/C20H27N3O3/c24-18-3-5-20(15-23(18)13-16-2-1-8-21-12-16)6-9-22(10-7-20)19(25)17-4-11-26-14-17/h1-2,8,12,17H,3-7,9-11,13-15H2/t17-/m1/s1. The second kappa shape index (κ2) is 7.35. The summed E-state index contributed by atoms with van der Waals surface area (Å²) in [6.07, 6.45) is 7.99. The van der Waals surface area contributed by atoms with Crippen LogP contribution in [0.4, 0.5) is 0 Å². The number of ether oxygens (including phenoxy) is 1. The summed E-state index contributed by atoms with van der Waals surface area (Å²) in [4.78, 5) is 33.2. The van der Waals surface area contributed by atoms with E-state index in [9.17, 15) is 9.59 Å². The van der Waals surface area contributed by atoms with Crippen LogP contribution in [0.1, 0.15) is 37.7 Å². The second-order valence-corrected chi connectivity index (χ2v) is 8.00. The smallest absolute Gasteiger partial charge is 0.228 e. The minimum absolute atomic E-state index is 0.0547. The van der Waals surface area contributed by atoms with Crippen LogP contribution in [0.2, 0.25) is 0 Å². The Balaban J connectivity index is 1.37. The number of likely N-dealkylation sites (tertiary alicyclic amines) is 2. The zero-order valence-electron chi connectivity index (χ0n) is 15.2. The molecule has 1 aromatic rings. The molecular weight excluding hydrogens is 330 g/mol. The minimum atomic E-state index is 0.0547. The van der Waals surface area contributed by atoms with E-state index >= 15 is 0 Å². The minimum Gasteiger partial charge on any atom is -0.381 e. The fraction of sp³-hybridized carbons (Fsp3) is 0.650. The van der Waals surface area contributed by atoms with Crippen LogP contribution in [0.25, 0.3) is 0 Å². The number of nitrogens with zero attached hydrogens (tertiary/aromatic N) is 3. The predicted octanol–water partition coefficient (Wildman–Crippen LogP) is 1.85. The van der Waals surface area contributed by atoms with Gasteiger partial charge in [-0.1, -0.05) is 6.07 Å². The Kier molecular flexibility index (Phi) is 4.94. The van der Waals surface area contributed by atoms with Gasteiger partial charge in [-0.05, 0) is 42.7 Å². The second-order valence-electron chi connectivity index (χ2n) is 8.00. The summed E-state index contributed by atoms with van der Waals surface area (Å²) < 4.78 is 5.36. The highest BCUT2D eigenvalue weighted by atomic mass is 16.5. The van der Waals surface area contributed by atoms with Gasteiger partial charge in [0.1, 0.15) is 0 Å². The van der Waals surface area contributed by atoms with Crippen molar-refractivity contribution in [2.45, 2.75) is 38.6 Å². The molecule has 4 rings (SSSR count). The van der Waals surface area contributed by atoms with Gasteiger partial charge >= 0.3 is 0 Å².